The Morgan fingerprint density at radius 2 is 2.19 bits per heavy atom. The Kier molecular flexibility index (Phi) is 5.19. The zero-order valence-corrected chi connectivity index (χ0v) is 13.0. The Hall–Kier alpha value is -1.17. The van der Waals surface area contributed by atoms with E-state index in [4.69, 9.17) is 15.3 Å². The first-order chi connectivity index (χ1) is 10.1. The smallest absolute Gasteiger partial charge is 0.131 e. The zero-order valence-electron chi connectivity index (χ0n) is 13.0. The highest BCUT2D eigenvalue weighted by molar-refractivity contribution is 5.32. The first kappa shape index (κ1) is 16.2. The standard InChI is InChI=1S/C16H25FN2O2/c1-11-5-4-8-16(10-11,21-3)15(19-18)13-7-6-12(20-2)9-14(13)17/h6-7,9,11,15,19H,4-5,8,10,18H2,1-3H3. The molecule has 3 atom stereocenters. The van der Waals surface area contributed by atoms with E-state index in [0.29, 0.717) is 17.2 Å². The first-order valence-electron chi connectivity index (χ1n) is 7.41. The van der Waals surface area contributed by atoms with Gasteiger partial charge in [-0.2, -0.15) is 0 Å². The number of methoxy groups -OCH3 is 2. The second kappa shape index (κ2) is 6.73. The van der Waals surface area contributed by atoms with E-state index in [0.717, 1.165) is 19.3 Å². The molecule has 4 nitrogen and oxygen atoms in total. The van der Waals surface area contributed by atoms with Gasteiger partial charge in [0.25, 0.3) is 0 Å². The third kappa shape index (κ3) is 3.20. The van der Waals surface area contributed by atoms with Crippen molar-refractivity contribution < 1.29 is 13.9 Å². The van der Waals surface area contributed by atoms with Crippen LogP contribution in [0.15, 0.2) is 18.2 Å². The van der Waals surface area contributed by atoms with Crippen LogP contribution in [-0.2, 0) is 4.74 Å². The molecule has 21 heavy (non-hydrogen) atoms. The lowest BCUT2D eigenvalue weighted by Crippen LogP contribution is -2.50. The van der Waals surface area contributed by atoms with Crippen LogP contribution < -0.4 is 16.0 Å². The maximum atomic E-state index is 14.4. The van der Waals surface area contributed by atoms with Crippen LogP contribution in [0.25, 0.3) is 0 Å². The van der Waals surface area contributed by atoms with Gasteiger partial charge in [0.2, 0.25) is 0 Å². The van der Waals surface area contributed by atoms with Crippen molar-refractivity contribution in [3.05, 3.63) is 29.6 Å². The molecule has 3 unspecified atom stereocenters. The molecule has 0 saturated heterocycles. The van der Waals surface area contributed by atoms with E-state index in [2.05, 4.69) is 12.3 Å². The second-order valence-electron chi connectivity index (χ2n) is 5.96. The molecule has 0 bridgehead atoms. The number of nitrogens with one attached hydrogen (secondary N) is 1. The van der Waals surface area contributed by atoms with Crippen LogP contribution in [0.2, 0.25) is 0 Å². The molecule has 0 amide bonds. The van der Waals surface area contributed by atoms with Crippen molar-refractivity contribution in [3.63, 3.8) is 0 Å². The predicted octanol–water partition coefficient (Wildman–Crippen LogP) is 2.93. The summed E-state index contributed by atoms with van der Waals surface area (Å²) in [6.07, 6.45) is 3.97. The molecule has 0 heterocycles. The van der Waals surface area contributed by atoms with E-state index < -0.39 is 5.60 Å². The molecule has 2 rings (SSSR count). The zero-order chi connectivity index (χ0) is 15.5. The fraction of sp³-hybridized carbons (Fsp3) is 0.625. The average Bonchev–Trinajstić information content (AvgIpc) is 2.49. The maximum absolute atomic E-state index is 14.4. The molecule has 3 N–H and O–H groups in total. The molecule has 0 radical (unpaired) electrons. The minimum Gasteiger partial charge on any atom is -0.497 e. The molecule has 1 aliphatic carbocycles. The lowest BCUT2D eigenvalue weighted by Gasteiger charge is -2.44. The minimum absolute atomic E-state index is 0.327. The highest BCUT2D eigenvalue weighted by atomic mass is 19.1. The molecular formula is C16H25FN2O2. The summed E-state index contributed by atoms with van der Waals surface area (Å²) in [4.78, 5) is 0. The Bertz CT molecular complexity index is 483. The van der Waals surface area contributed by atoms with Crippen LogP contribution in [0, 0.1) is 11.7 Å². The molecule has 0 aliphatic heterocycles. The fourth-order valence-corrected chi connectivity index (χ4v) is 3.50. The topological polar surface area (TPSA) is 56.5 Å². The summed E-state index contributed by atoms with van der Waals surface area (Å²) in [5.41, 5.74) is 2.82. The van der Waals surface area contributed by atoms with Gasteiger partial charge >= 0.3 is 0 Å². The second-order valence-corrected chi connectivity index (χ2v) is 5.96. The van der Waals surface area contributed by atoms with E-state index in [1.165, 1.54) is 19.6 Å². The first-order valence-corrected chi connectivity index (χ1v) is 7.41. The molecule has 1 aromatic carbocycles. The van der Waals surface area contributed by atoms with Crippen molar-refractivity contribution in [1.29, 1.82) is 0 Å². The SMILES string of the molecule is COc1ccc(C(NN)C2(OC)CCCC(C)C2)c(F)c1. The summed E-state index contributed by atoms with van der Waals surface area (Å²) in [7, 11) is 3.20. The van der Waals surface area contributed by atoms with Gasteiger partial charge in [-0.15, -0.1) is 0 Å². The summed E-state index contributed by atoms with van der Waals surface area (Å²) < 4.78 is 25.3. The minimum atomic E-state index is -0.470. The van der Waals surface area contributed by atoms with Gasteiger partial charge in [0.1, 0.15) is 11.6 Å². The van der Waals surface area contributed by atoms with E-state index in [1.54, 1.807) is 19.2 Å². The number of ether oxygens (including phenoxy) is 2. The van der Waals surface area contributed by atoms with Crippen LogP contribution in [0.3, 0.4) is 0 Å². The Morgan fingerprint density at radius 3 is 2.71 bits per heavy atom. The molecule has 1 aliphatic rings. The van der Waals surface area contributed by atoms with Gasteiger partial charge in [-0.3, -0.25) is 5.84 Å². The van der Waals surface area contributed by atoms with Crippen molar-refractivity contribution in [2.75, 3.05) is 14.2 Å². The van der Waals surface area contributed by atoms with Crippen LogP contribution in [0.5, 0.6) is 5.75 Å². The largest absolute Gasteiger partial charge is 0.497 e. The summed E-state index contributed by atoms with van der Waals surface area (Å²) in [5, 5.41) is 0. The Balaban J connectivity index is 2.37. The lowest BCUT2D eigenvalue weighted by atomic mass is 9.73. The number of rotatable bonds is 5. The molecule has 1 aromatic rings. The quantitative estimate of drug-likeness (QED) is 0.648. The van der Waals surface area contributed by atoms with E-state index in [1.807, 2.05) is 0 Å². The number of benzene rings is 1. The van der Waals surface area contributed by atoms with Gasteiger partial charge in [0.05, 0.1) is 18.8 Å². The highest BCUT2D eigenvalue weighted by Gasteiger charge is 2.43. The monoisotopic (exact) mass is 296 g/mol. The number of hydrogen-bond acceptors (Lipinski definition) is 4. The van der Waals surface area contributed by atoms with Crippen LogP contribution in [-0.4, -0.2) is 19.8 Å². The van der Waals surface area contributed by atoms with Gasteiger partial charge in [0, 0.05) is 18.7 Å². The van der Waals surface area contributed by atoms with Crippen molar-refractivity contribution in [1.82, 2.24) is 5.43 Å². The number of nitrogens with two attached hydrogens (primary N) is 1. The van der Waals surface area contributed by atoms with Crippen molar-refractivity contribution >= 4 is 0 Å². The molecule has 0 spiro atoms. The van der Waals surface area contributed by atoms with Crippen molar-refractivity contribution in [2.45, 2.75) is 44.2 Å². The van der Waals surface area contributed by atoms with E-state index in [9.17, 15) is 4.39 Å². The third-order valence-corrected chi connectivity index (χ3v) is 4.61. The maximum Gasteiger partial charge on any atom is 0.131 e. The molecule has 1 saturated carbocycles. The summed E-state index contributed by atoms with van der Waals surface area (Å²) in [5.74, 6) is 6.46. The summed E-state index contributed by atoms with van der Waals surface area (Å²) in [6, 6.07) is 4.48. The molecule has 118 valence electrons. The van der Waals surface area contributed by atoms with Crippen molar-refractivity contribution in [3.8, 4) is 5.75 Å². The predicted molar refractivity (Wildman–Crippen MR) is 80.4 cm³/mol. The van der Waals surface area contributed by atoms with Gasteiger partial charge in [-0.1, -0.05) is 25.8 Å². The average molecular weight is 296 g/mol. The van der Waals surface area contributed by atoms with Crippen LogP contribution >= 0.6 is 0 Å². The molecule has 5 heteroatoms. The van der Waals surface area contributed by atoms with Crippen molar-refractivity contribution in [2.24, 2.45) is 11.8 Å². The summed E-state index contributed by atoms with van der Waals surface area (Å²) in [6.45, 7) is 2.20. The number of hydrogen-bond donors (Lipinski definition) is 2. The Morgan fingerprint density at radius 1 is 1.43 bits per heavy atom. The normalized spacial score (nSPS) is 27.4. The molecule has 1 fully saturated rings. The van der Waals surface area contributed by atoms with Gasteiger partial charge in [-0.05, 0) is 24.8 Å². The van der Waals surface area contributed by atoms with Gasteiger partial charge < -0.3 is 9.47 Å². The van der Waals surface area contributed by atoms with Gasteiger partial charge in [0.15, 0.2) is 0 Å². The number of hydrazine groups is 1. The van der Waals surface area contributed by atoms with E-state index >= 15 is 0 Å². The fourth-order valence-electron chi connectivity index (χ4n) is 3.50. The summed E-state index contributed by atoms with van der Waals surface area (Å²) >= 11 is 0. The lowest BCUT2D eigenvalue weighted by molar-refractivity contribution is -0.0813. The third-order valence-electron chi connectivity index (χ3n) is 4.61. The van der Waals surface area contributed by atoms with E-state index in [-0.39, 0.29) is 11.9 Å². The van der Waals surface area contributed by atoms with Gasteiger partial charge in [-0.25, -0.2) is 9.82 Å². The highest BCUT2D eigenvalue weighted by Crippen LogP contribution is 2.43. The van der Waals surface area contributed by atoms with Crippen LogP contribution in [0.1, 0.15) is 44.2 Å². The molecule has 0 aromatic heterocycles. The Labute approximate surface area is 125 Å². The molecular weight excluding hydrogens is 271 g/mol. The van der Waals surface area contributed by atoms with Crippen LogP contribution in [0.4, 0.5) is 4.39 Å². The number of halogens is 1.